The van der Waals surface area contributed by atoms with Crippen LogP contribution in [0.25, 0.3) is 0 Å². The fraction of sp³-hybridized carbons (Fsp3) is 0.143. The van der Waals surface area contributed by atoms with E-state index in [4.69, 9.17) is 4.74 Å². The molecular weight excluding hydrogens is 318 g/mol. The van der Waals surface area contributed by atoms with Crippen molar-refractivity contribution < 1.29 is 18.6 Å². The second-order valence-electron chi connectivity index (χ2n) is 3.94. The molecule has 0 fully saturated rings. The first kappa shape index (κ1) is 14.0. The third-order valence-corrected chi connectivity index (χ3v) is 3.58. The summed E-state index contributed by atoms with van der Waals surface area (Å²) in [4.78, 5) is 0. The molecule has 0 aliphatic heterocycles. The van der Waals surface area contributed by atoms with Crippen molar-refractivity contribution in [1.82, 2.24) is 0 Å². The highest BCUT2D eigenvalue weighted by atomic mass is 79.9. The van der Waals surface area contributed by atoms with Crippen LogP contribution in [0.1, 0.15) is 17.2 Å². The molecule has 2 aromatic carbocycles. The molecule has 0 heterocycles. The zero-order valence-electron chi connectivity index (χ0n) is 10.0. The Morgan fingerprint density at radius 3 is 2.63 bits per heavy atom. The summed E-state index contributed by atoms with van der Waals surface area (Å²) in [5.74, 6) is -1.40. The fourth-order valence-electron chi connectivity index (χ4n) is 1.74. The smallest absolute Gasteiger partial charge is 0.173 e. The maximum absolute atomic E-state index is 13.5. The van der Waals surface area contributed by atoms with Crippen molar-refractivity contribution in [1.29, 1.82) is 0 Å². The molecule has 1 unspecified atom stereocenters. The Balaban J connectivity index is 2.44. The van der Waals surface area contributed by atoms with Gasteiger partial charge in [0.25, 0.3) is 0 Å². The summed E-state index contributed by atoms with van der Waals surface area (Å²) in [6.07, 6.45) is -1.07. The van der Waals surface area contributed by atoms with E-state index in [0.29, 0.717) is 11.3 Å². The first-order valence-corrected chi connectivity index (χ1v) is 6.29. The Bertz CT molecular complexity index is 602. The van der Waals surface area contributed by atoms with Crippen molar-refractivity contribution in [3.63, 3.8) is 0 Å². The van der Waals surface area contributed by atoms with Crippen molar-refractivity contribution in [2.24, 2.45) is 0 Å². The van der Waals surface area contributed by atoms with Crippen LogP contribution in [0.15, 0.2) is 40.9 Å². The van der Waals surface area contributed by atoms with Crippen molar-refractivity contribution in [3.05, 3.63) is 63.6 Å². The molecule has 0 bridgehead atoms. The number of ether oxygens (including phenoxy) is 1. The van der Waals surface area contributed by atoms with Gasteiger partial charge in [-0.25, -0.2) is 8.78 Å². The van der Waals surface area contributed by atoms with Crippen LogP contribution >= 0.6 is 15.9 Å². The lowest BCUT2D eigenvalue weighted by molar-refractivity contribution is 0.218. The first-order chi connectivity index (χ1) is 9.04. The van der Waals surface area contributed by atoms with Gasteiger partial charge in [-0.15, -0.1) is 0 Å². The monoisotopic (exact) mass is 328 g/mol. The summed E-state index contributed by atoms with van der Waals surface area (Å²) in [6.45, 7) is 0. The predicted molar refractivity (Wildman–Crippen MR) is 71.1 cm³/mol. The first-order valence-electron chi connectivity index (χ1n) is 5.50. The predicted octanol–water partition coefficient (Wildman–Crippen LogP) is 3.82. The highest BCUT2D eigenvalue weighted by Gasteiger charge is 2.19. The van der Waals surface area contributed by atoms with Crippen LogP contribution in [-0.2, 0) is 0 Å². The second kappa shape index (κ2) is 5.67. The van der Waals surface area contributed by atoms with Gasteiger partial charge in [0, 0.05) is 5.56 Å². The molecular formula is C14H11BrF2O2. The average Bonchev–Trinajstić information content (AvgIpc) is 2.44. The van der Waals surface area contributed by atoms with E-state index >= 15 is 0 Å². The summed E-state index contributed by atoms with van der Waals surface area (Å²) < 4.78 is 31.5. The minimum absolute atomic E-state index is 0.0807. The Hall–Kier alpha value is -1.46. The third-order valence-electron chi connectivity index (χ3n) is 2.77. The van der Waals surface area contributed by atoms with Gasteiger partial charge in [0.05, 0.1) is 11.6 Å². The number of hydrogen-bond donors (Lipinski definition) is 1. The summed E-state index contributed by atoms with van der Waals surface area (Å²) in [6, 6.07) is 9.09. The molecule has 1 atom stereocenters. The van der Waals surface area contributed by atoms with Gasteiger partial charge >= 0.3 is 0 Å². The van der Waals surface area contributed by atoms with Gasteiger partial charge in [-0.05, 0) is 39.7 Å². The van der Waals surface area contributed by atoms with Crippen LogP contribution in [0, 0.1) is 11.6 Å². The lowest BCUT2D eigenvalue weighted by Gasteiger charge is -2.14. The minimum atomic E-state index is -1.07. The lowest BCUT2D eigenvalue weighted by Crippen LogP contribution is -2.03. The Labute approximate surface area is 117 Å². The summed E-state index contributed by atoms with van der Waals surface area (Å²) in [5, 5.41) is 10.2. The zero-order chi connectivity index (χ0) is 14.0. The normalized spacial score (nSPS) is 12.3. The van der Waals surface area contributed by atoms with E-state index in [-0.39, 0.29) is 10.0 Å². The fourth-order valence-corrected chi connectivity index (χ4v) is 2.28. The average molecular weight is 329 g/mol. The molecule has 2 rings (SSSR count). The van der Waals surface area contributed by atoms with E-state index in [1.165, 1.54) is 13.2 Å². The van der Waals surface area contributed by atoms with Gasteiger partial charge < -0.3 is 9.84 Å². The topological polar surface area (TPSA) is 29.5 Å². The minimum Gasteiger partial charge on any atom is -0.497 e. The lowest BCUT2D eigenvalue weighted by atomic mass is 10.0. The van der Waals surface area contributed by atoms with Crippen molar-refractivity contribution in [2.45, 2.75) is 6.10 Å². The number of hydrogen-bond acceptors (Lipinski definition) is 2. The molecule has 0 spiro atoms. The van der Waals surface area contributed by atoms with E-state index in [9.17, 15) is 13.9 Å². The highest BCUT2D eigenvalue weighted by Crippen LogP contribution is 2.32. The summed E-state index contributed by atoms with van der Waals surface area (Å²) >= 11 is 2.96. The number of methoxy groups -OCH3 is 1. The van der Waals surface area contributed by atoms with E-state index < -0.39 is 17.7 Å². The van der Waals surface area contributed by atoms with Crippen LogP contribution in [0.5, 0.6) is 5.75 Å². The maximum Gasteiger partial charge on any atom is 0.173 e. The van der Waals surface area contributed by atoms with Gasteiger partial charge in [0.1, 0.15) is 11.9 Å². The van der Waals surface area contributed by atoms with Gasteiger partial charge in [-0.2, -0.15) is 0 Å². The molecule has 0 saturated heterocycles. The zero-order valence-corrected chi connectivity index (χ0v) is 11.6. The van der Waals surface area contributed by atoms with Crippen molar-refractivity contribution in [2.75, 3.05) is 7.11 Å². The summed E-state index contributed by atoms with van der Waals surface area (Å²) in [5.41, 5.74) is 0.790. The Morgan fingerprint density at radius 1 is 1.21 bits per heavy atom. The quantitative estimate of drug-likeness (QED) is 0.868. The molecule has 19 heavy (non-hydrogen) atoms. The second-order valence-corrected chi connectivity index (χ2v) is 4.74. The molecule has 0 aromatic heterocycles. The number of halogens is 3. The SMILES string of the molecule is COc1cccc(C(O)c2ccc(F)c(F)c2Br)c1. The van der Waals surface area contributed by atoms with Gasteiger partial charge in [-0.1, -0.05) is 18.2 Å². The van der Waals surface area contributed by atoms with Crippen LogP contribution in [0.4, 0.5) is 8.78 Å². The largest absolute Gasteiger partial charge is 0.497 e. The van der Waals surface area contributed by atoms with Gasteiger partial charge in [0.2, 0.25) is 0 Å². The molecule has 0 radical (unpaired) electrons. The van der Waals surface area contributed by atoms with Crippen LogP contribution in [0.3, 0.4) is 0 Å². The molecule has 0 saturated carbocycles. The van der Waals surface area contributed by atoms with E-state index in [2.05, 4.69) is 15.9 Å². The van der Waals surface area contributed by atoms with Crippen LogP contribution < -0.4 is 4.74 Å². The molecule has 5 heteroatoms. The van der Waals surface area contributed by atoms with Crippen molar-refractivity contribution in [3.8, 4) is 5.75 Å². The molecule has 0 aliphatic carbocycles. The van der Waals surface area contributed by atoms with Crippen LogP contribution in [0.2, 0.25) is 0 Å². The van der Waals surface area contributed by atoms with E-state index in [0.717, 1.165) is 6.07 Å². The van der Waals surface area contributed by atoms with Crippen molar-refractivity contribution >= 4 is 15.9 Å². The molecule has 0 aliphatic rings. The highest BCUT2D eigenvalue weighted by molar-refractivity contribution is 9.10. The Morgan fingerprint density at radius 2 is 1.95 bits per heavy atom. The maximum atomic E-state index is 13.5. The number of benzene rings is 2. The molecule has 0 amide bonds. The molecule has 100 valence electrons. The van der Waals surface area contributed by atoms with Gasteiger partial charge in [0.15, 0.2) is 11.6 Å². The third kappa shape index (κ3) is 2.77. The van der Waals surface area contributed by atoms with E-state index in [1.54, 1.807) is 24.3 Å². The number of aliphatic hydroxyl groups excluding tert-OH is 1. The summed E-state index contributed by atoms with van der Waals surface area (Å²) in [7, 11) is 1.51. The standard InChI is InChI=1S/C14H11BrF2O2/c1-19-9-4-2-3-8(7-9)14(18)10-5-6-11(16)13(17)12(10)15/h2-7,14,18H,1H3. The number of aliphatic hydroxyl groups is 1. The van der Waals surface area contributed by atoms with Crippen LogP contribution in [-0.4, -0.2) is 12.2 Å². The Kier molecular flexibility index (Phi) is 4.17. The number of rotatable bonds is 3. The van der Waals surface area contributed by atoms with E-state index in [1.807, 2.05) is 0 Å². The molecule has 2 nitrogen and oxygen atoms in total. The van der Waals surface area contributed by atoms with Gasteiger partial charge in [-0.3, -0.25) is 0 Å². The molecule has 1 N–H and O–H groups in total. The molecule has 2 aromatic rings.